The second-order valence-electron chi connectivity index (χ2n) is 4.29. The number of hydrogen-bond acceptors (Lipinski definition) is 4. The summed E-state index contributed by atoms with van der Waals surface area (Å²) in [5.41, 5.74) is 0. The summed E-state index contributed by atoms with van der Waals surface area (Å²) in [4.78, 5) is 13.6. The molecule has 0 radical (unpaired) electrons. The summed E-state index contributed by atoms with van der Waals surface area (Å²) in [5.74, 6) is 1.12. The zero-order valence-electron chi connectivity index (χ0n) is 9.60. The fourth-order valence-corrected chi connectivity index (χ4v) is 3.00. The maximum atomic E-state index is 4.47. The Morgan fingerprint density at radius 2 is 2.25 bits per heavy atom. The van der Waals surface area contributed by atoms with Gasteiger partial charge in [-0.3, -0.25) is 0 Å². The van der Waals surface area contributed by atoms with Crippen molar-refractivity contribution in [3.63, 3.8) is 0 Å². The second-order valence-corrected chi connectivity index (χ2v) is 5.53. The summed E-state index contributed by atoms with van der Waals surface area (Å²) >= 11 is 1.75. The van der Waals surface area contributed by atoms with E-state index in [1.165, 1.54) is 23.1 Å². The van der Waals surface area contributed by atoms with Gasteiger partial charge in [0.15, 0.2) is 0 Å². The maximum Gasteiger partial charge on any atom is 0.141 e. The van der Waals surface area contributed by atoms with Crippen LogP contribution in [0.1, 0.15) is 24.6 Å². The van der Waals surface area contributed by atoms with Crippen LogP contribution in [0.15, 0.2) is 12.4 Å². The standard InChI is InChI=1S/C12H15N3S/c1-3-15(9-4-5-9)11-10-6-8(2)16-12(10)14-7-13-11/h6-7,9H,3-5H2,1-2H3. The van der Waals surface area contributed by atoms with Crippen LogP contribution in [0.5, 0.6) is 0 Å². The van der Waals surface area contributed by atoms with Gasteiger partial charge in [-0.05, 0) is 32.8 Å². The fraction of sp³-hybridized carbons (Fsp3) is 0.500. The number of nitrogens with zero attached hydrogens (tertiary/aromatic N) is 3. The van der Waals surface area contributed by atoms with Crippen molar-refractivity contribution < 1.29 is 0 Å². The molecule has 1 aliphatic rings. The molecule has 1 saturated carbocycles. The van der Waals surface area contributed by atoms with Crippen molar-refractivity contribution in [3.05, 3.63) is 17.3 Å². The SMILES string of the molecule is CCN(c1ncnc2sc(C)cc12)C1CC1. The van der Waals surface area contributed by atoms with Crippen LogP contribution in [0.4, 0.5) is 5.82 Å². The minimum Gasteiger partial charge on any atom is -0.353 e. The summed E-state index contributed by atoms with van der Waals surface area (Å²) in [6, 6.07) is 2.92. The Labute approximate surface area is 99.1 Å². The second kappa shape index (κ2) is 3.70. The molecule has 2 aromatic rings. The summed E-state index contributed by atoms with van der Waals surface area (Å²) < 4.78 is 0. The van der Waals surface area contributed by atoms with Crippen LogP contribution in [-0.4, -0.2) is 22.6 Å². The van der Waals surface area contributed by atoms with E-state index in [0.717, 1.165) is 17.2 Å². The first-order chi connectivity index (χ1) is 7.79. The first kappa shape index (κ1) is 10.0. The third-order valence-electron chi connectivity index (χ3n) is 3.03. The summed E-state index contributed by atoms with van der Waals surface area (Å²) in [6.07, 6.45) is 4.31. The van der Waals surface area contributed by atoms with Gasteiger partial charge in [0.2, 0.25) is 0 Å². The number of thiophene rings is 1. The van der Waals surface area contributed by atoms with E-state index in [-0.39, 0.29) is 0 Å². The summed E-state index contributed by atoms with van der Waals surface area (Å²) in [6.45, 7) is 5.36. The lowest BCUT2D eigenvalue weighted by atomic mass is 10.3. The van der Waals surface area contributed by atoms with Crippen LogP contribution in [0, 0.1) is 6.92 Å². The summed E-state index contributed by atoms with van der Waals surface area (Å²) in [5, 5.41) is 1.22. The number of aromatic nitrogens is 2. The van der Waals surface area contributed by atoms with E-state index in [1.807, 2.05) is 0 Å². The van der Waals surface area contributed by atoms with Crippen molar-refractivity contribution in [2.45, 2.75) is 32.7 Å². The van der Waals surface area contributed by atoms with Crippen molar-refractivity contribution in [1.29, 1.82) is 0 Å². The van der Waals surface area contributed by atoms with Crippen molar-refractivity contribution in [2.75, 3.05) is 11.4 Å². The third kappa shape index (κ3) is 1.57. The lowest BCUT2D eigenvalue weighted by Crippen LogP contribution is -2.26. The van der Waals surface area contributed by atoms with E-state index in [9.17, 15) is 0 Å². The molecular weight excluding hydrogens is 218 g/mol. The van der Waals surface area contributed by atoms with E-state index >= 15 is 0 Å². The van der Waals surface area contributed by atoms with Crippen molar-refractivity contribution in [1.82, 2.24) is 9.97 Å². The van der Waals surface area contributed by atoms with Crippen LogP contribution >= 0.6 is 11.3 Å². The minimum atomic E-state index is 0.711. The first-order valence-corrected chi connectivity index (χ1v) is 6.59. The Hall–Kier alpha value is -1.16. The number of anilines is 1. The molecule has 0 amide bonds. The molecule has 2 aromatic heterocycles. The predicted octanol–water partition coefficient (Wildman–Crippen LogP) is 2.99. The molecular formula is C12H15N3S. The van der Waals surface area contributed by atoms with E-state index < -0.39 is 0 Å². The van der Waals surface area contributed by atoms with Crippen LogP contribution in [0.25, 0.3) is 10.2 Å². The van der Waals surface area contributed by atoms with Gasteiger partial charge in [-0.15, -0.1) is 11.3 Å². The highest BCUT2D eigenvalue weighted by Crippen LogP contribution is 2.35. The predicted molar refractivity (Wildman–Crippen MR) is 68.2 cm³/mol. The van der Waals surface area contributed by atoms with Crippen LogP contribution in [-0.2, 0) is 0 Å². The van der Waals surface area contributed by atoms with Crippen molar-refractivity contribution in [2.24, 2.45) is 0 Å². The maximum absolute atomic E-state index is 4.47. The quantitative estimate of drug-likeness (QED) is 0.816. The average molecular weight is 233 g/mol. The molecule has 0 aliphatic heterocycles. The van der Waals surface area contributed by atoms with Crippen LogP contribution in [0.3, 0.4) is 0 Å². The van der Waals surface area contributed by atoms with Crippen molar-refractivity contribution in [3.8, 4) is 0 Å². The number of aryl methyl sites for hydroxylation is 1. The average Bonchev–Trinajstić information content (AvgIpc) is 3.01. The molecule has 0 unspecified atom stereocenters. The van der Waals surface area contributed by atoms with E-state index in [1.54, 1.807) is 17.7 Å². The first-order valence-electron chi connectivity index (χ1n) is 5.77. The Morgan fingerprint density at radius 3 is 2.94 bits per heavy atom. The highest BCUT2D eigenvalue weighted by Gasteiger charge is 2.30. The Morgan fingerprint density at radius 1 is 1.44 bits per heavy atom. The minimum absolute atomic E-state index is 0.711. The molecule has 1 aliphatic carbocycles. The lowest BCUT2D eigenvalue weighted by Gasteiger charge is -2.21. The molecule has 2 heterocycles. The van der Waals surface area contributed by atoms with Gasteiger partial charge in [-0.2, -0.15) is 0 Å². The molecule has 16 heavy (non-hydrogen) atoms. The van der Waals surface area contributed by atoms with Gasteiger partial charge < -0.3 is 4.90 Å². The van der Waals surface area contributed by atoms with Gasteiger partial charge in [0.25, 0.3) is 0 Å². The molecule has 3 rings (SSSR count). The Kier molecular flexibility index (Phi) is 2.32. The lowest BCUT2D eigenvalue weighted by molar-refractivity contribution is 0.811. The van der Waals surface area contributed by atoms with Crippen LogP contribution < -0.4 is 4.90 Å². The number of rotatable bonds is 3. The molecule has 4 heteroatoms. The topological polar surface area (TPSA) is 29.0 Å². The molecule has 0 aromatic carbocycles. The monoisotopic (exact) mass is 233 g/mol. The Bertz CT molecular complexity index is 516. The number of hydrogen-bond donors (Lipinski definition) is 0. The fourth-order valence-electron chi connectivity index (χ4n) is 2.16. The third-order valence-corrected chi connectivity index (χ3v) is 3.99. The molecule has 0 atom stereocenters. The molecule has 3 nitrogen and oxygen atoms in total. The molecule has 0 spiro atoms. The largest absolute Gasteiger partial charge is 0.353 e. The van der Waals surface area contributed by atoms with Gasteiger partial charge in [-0.1, -0.05) is 0 Å². The smallest absolute Gasteiger partial charge is 0.141 e. The number of fused-ring (bicyclic) bond motifs is 1. The van der Waals surface area contributed by atoms with Gasteiger partial charge in [0.1, 0.15) is 17.0 Å². The van der Waals surface area contributed by atoms with E-state index in [0.29, 0.717) is 6.04 Å². The molecule has 1 fully saturated rings. The zero-order valence-corrected chi connectivity index (χ0v) is 10.4. The van der Waals surface area contributed by atoms with E-state index in [2.05, 4.69) is 34.8 Å². The van der Waals surface area contributed by atoms with Gasteiger partial charge >= 0.3 is 0 Å². The molecule has 84 valence electrons. The molecule has 0 N–H and O–H groups in total. The van der Waals surface area contributed by atoms with Gasteiger partial charge in [0, 0.05) is 17.5 Å². The van der Waals surface area contributed by atoms with Crippen molar-refractivity contribution >= 4 is 27.4 Å². The normalized spacial score (nSPS) is 15.6. The van der Waals surface area contributed by atoms with Gasteiger partial charge in [-0.25, -0.2) is 9.97 Å². The molecule has 0 bridgehead atoms. The summed E-state index contributed by atoms with van der Waals surface area (Å²) in [7, 11) is 0. The Balaban J connectivity index is 2.13. The highest BCUT2D eigenvalue weighted by molar-refractivity contribution is 7.18. The van der Waals surface area contributed by atoms with Crippen LogP contribution in [0.2, 0.25) is 0 Å². The van der Waals surface area contributed by atoms with E-state index in [4.69, 9.17) is 0 Å². The van der Waals surface area contributed by atoms with Gasteiger partial charge in [0.05, 0.1) is 5.39 Å². The zero-order chi connectivity index (χ0) is 11.1. The molecule has 0 saturated heterocycles. The highest BCUT2D eigenvalue weighted by atomic mass is 32.1.